The number of likely N-dealkylation sites (tertiary alicyclic amines) is 1. The van der Waals surface area contributed by atoms with Gasteiger partial charge in [0.15, 0.2) is 5.65 Å². The van der Waals surface area contributed by atoms with Crippen LogP contribution in [0.1, 0.15) is 29.3 Å². The standard InChI is InChI=1S/C25H24N6OS/c1-2-21(32)30-12-6-9-19(14-30)31-25-22(24(26)27-16-28-25)23(29-31)18-13-20(33-15-18)11-10-17-7-4-3-5-8-17/h2-5,7-8,10-11,13,15-16,19H,1,6,9,12,14H2,(H2,26,27,28). The molecule has 0 radical (unpaired) electrons. The van der Waals surface area contributed by atoms with Crippen molar-refractivity contribution < 1.29 is 4.79 Å². The van der Waals surface area contributed by atoms with Crippen molar-refractivity contribution in [2.75, 3.05) is 18.8 Å². The lowest BCUT2D eigenvalue weighted by atomic mass is 10.1. The molecule has 3 aromatic heterocycles. The monoisotopic (exact) mass is 456 g/mol. The molecule has 1 unspecified atom stereocenters. The van der Waals surface area contributed by atoms with Gasteiger partial charge in [-0.2, -0.15) is 5.10 Å². The third-order valence-corrected chi connectivity index (χ3v) is 6.78. The van der Waals surface area contributed by atoms with Crippen LogP contribution in [0.3, 0.4) is 0 Å². The van der Waals surface area contributed by atoms with Gasteiger partial charge in [-0.3, -0.25) is 4.79 Å². The predicted molar refractivity (Wildman–Crippen MR) is 133 cm³/mol. The molecular formula is C25H24N6OS. The number of hydrogen-bond donors (Lipinski definition) is 1. The summed E-state index contributed by atoms with van der Waals surface area (Å²) in [4.78, 5) is 23.8. The maximum Gasteiger partial charge on any atom is 0.246 e. The van der Waals surface area contributed by atoms with Gasteiger partial charge in [0, 0.05) is 28.9 Å². The van der Waals surface area contributed by atoms with Crippen LogP contribution in [-0.4, -0.2) is 43.6 Å². The summed E-state index contributed by atoms with van der Waals surface area (Å²) in [6.07, 6.45) is 8.84. The first-order chi connectivity index (χ1) is 16.1. The van der Waals surface area contributed by atoms with E-state index in [9.17, 15) is 4.79 Å². The van der Waals surface area contributed by atoms with Gasteiger partial charge in [0.25, 0.3) is 0 Å². The molecular weight excluding hydrogens is 432 g/mol. The quantitative estimate of drug-likeness (QED) is 0.441. The second-order valence-electron chi connectivity index (χ2n) is 8.02. The molecule has 1 aromatic carbocycles. The maximum atomic E-state index is 12.2. The highest BCUT2D eigenvalue weighted by molar-refractivity contribution is 7.11. The molecule has 1 aliphatic heterocycles. The highest BCUT2D eigenvalue weighted by atomic mass is 32.1. The van der Waals surface area contributed by atoms with Crippen LogP contribution in [-0.2, 0) is 4.79 Å². The second-order valence-corrected chi connectivity index (χ2v) is 8.96. The minimum absolute atomic E-state index is 0.0179. The zero-order valence-electron chi connectivity index (χ0n) is 18.1. The largest absolute Gasteiger partial charge is 0.383 e. The van der Waals surface area contributed by atoms with Crippen LogP contribution in [0.15, 0.2) is 60.8 Å². The minimum atomic E-state index is -0.0572. The lowest BCUT2D eigenvalue weighted by Gasteiger charge is -2.32. The number of carbonyl (C=O) groups excluding carboxylic acids is 1. The molecule has 5 rings (SSSR count). The topological polar surface area (TPSA) is 89.9 Å². The van der Waals surface area contributed by atoms with Gasteiger partial charge in [0.2, 0.25) is 5.91 Å². The molecule has 4 aromatic rings. The van der Waals surface area contributed by atoms with Crippen LogP contribution in [0, 0.1) is 0 Å². The van der Waals surface area contributed by atoms with Crippen LogP contribution in [0.2, 0.25) is 0 Å². The van der Waals surface area contributed by atoms with Gasteiger partial charge in [-0.1, -0.05) is 43.0 Å². The van der Waals surface area contributed by atoms with E-state index < -0.39 is 0 Å². The van der Waals surface area contributed by atoms with Crippen molar-refractivity contribution in [3.05, 3.63) is 71.2 Å². The number of carbonyl (C=O) groups is 1. The van der Waals surface area contributed by atoms with Gasteiger partial charge in [0.05, 0.1) is 11.4 Å². The number of amides is 1. The molecule has 1 saturated heterocycles. The number of anilines is 1. The molecule has 4 heterocycles. The number of benzene rings is 1. The molecule has 0 bridgehead atoms. The number of nitrogen functional groups attached to an aromatic ring is 1. The van der Waals surface area contributed by atoms with Crippen molar-refractivity contribution in [2.24, 2.45) is 0 Å². The van der Waals surface area contributed by atoms with E-state index in [-0.39, 0.29) is 11.9 Å². The molecule has 1 aliphatic rings. The second kappa shape index (κ2) is 8.99. The Morgan fingerprint density at radius 2 is 2.06 bits per heavy atom. The number of thiophene rings is 1. The van der Waals surface area contributed by atoms with Gasteiger partial charge in [0.1, 0.15) is 17.8 Å². The Hall–Kier alpha value is -3.78. The summed E-state index contributed by atoms with van der Waals surface area (Å²) in [6.45, 7) is 4.92. The van der Waals surface area contributed by atoms with Crippen LogP contribution >= 0.6 is 11.3 Å². The predicted octanol–water partition coefficient (Wildman–Crippen LogP) is 4.66. The van der Waals surface area contributed by atoms with Crippen LogP contribution < -0.4 is 5.73 Å². The average molecular weight is 457 g/mol. The highest BCUT2D eigenvalue weighted by Crippen LogP contribution is 2.36. The number of nitrogens with two attached hydrogens (primary N) is 1. The summed E-state index contributed by atoms with van der Waals surface area (Å²) in [7, 11) is 0. The normalized spacial score (nSPS) is 16.5. The molecule has 0 spiro atoms. The fourth-order valence-corrected chi connectivity index (χ4v) is 5.03. The van der Waals surface area contributed by atoms with E-state index in [0.717, 1.165) is 46.5 Å². The molecule has 0 aliphatic carbocycles. The minimum Gasteiger partial charge on any atom is -0.383 e. The van der Waals surface area contributed by atoms with E-state index in [2.05, 4.69) is 52.3 Å². The molecule has 1 amide bonds. The average Bonchev–Trinajstić information content (AvgIpc) is 3.48. The molecule has 1 atom stereocenters. The summed E-state index contributed by atoms with van der Waals surface area (Å²) in [5.41, 5.74) is 9.88. The fraction of sp³-hybridized carbons (Fsp3) is 0.200. The molecule has 166 valence electrons. The molecule has 2 N–H and O–H groups in total. The molecule has 0 saturated carbocycles. The summed E-state index contributed by atoms with van der Waals surface area (Å²) in [6, 6.07) is 12.3. The number of piperidine rings is 1. The zero-order chi connectivity index (χ0) is 22.8. The van der Waals surface area contributed by atoms with Gasteiger partial charge in [-0.15, -0.1) is 11.3 Å². The first kappa shape index (κ1) is 21.1. The molecule has 33 heavy (non-hydrogen) atoms. The smallest absolute Gasteiger partial charge is 0.246 e. The van der Waals surface area contributed by atoms with E-state index in [1.54, 1.807) is 11.3 Å². The van der Waals surface area contributed by atoms with E-state index in [4.69, 9.17) is 10.8 Å². The van der Waals surface area contributed by atoms with Gasteiger partial charge in [-0.05, 0) is 36.6 Å². The van der Waals surface area contributed by atoms with Gasteiger partial charge in [-0.25, -0.2) is 14.6 Å². The Labute approximate surface area is 195 Å². The van der Waals surface area contributed by atoms with E-state index in [1.807, 2.05) is 27.8 Å². The highest BCUT2D eigenvalue weighted by Gasteiger charge is 2.28. The van der Waals surface area contributed by atoms with Crippen molar-refractivity contribution in [3.8, 4) is 11.3 Å². The fourth-order valence-electron chi connectivity index (χ4n) is 4.24. The first-order valence-corrected chi connectivity index (χ1v) is 11.7. The van der Waals surface area contributed by atoms with Crippen molar-refractivity contribution in [3.63, 3.8) is 0 Å². The Morgan fingerprint density at radius 1 is 1.21 bits per heavy atom. The molecule has 8 heteroatoms. The number of aromatic nitrogens is 4. The SMILES string of the molecule is C=CC(=O)N1CCCC(n2nc(-c3csc(C=Cc4ccccc4)c3)c3c(N)ncnc32)C1. The molecule has 7 nitrogen and oxygen atoms in total. The summed E-state index contributed by atoms with van der Waals surface area (Å²) >= 11 is 1.65. The van der Waals surface area contributed by atoms with Crippen molar-refractivity contribution in [1.82, 2.24) is 24.6 Å². The van der Waals surface area contributed by atoms with Gasteiger partial charge < -0.3 is 10.6 Å². The van der Waals surface area contributed by atoms with E-state index in [0.29, 0.717) is 18.0 Å². The Balaban J connectivity index is 1.51. The maximum absolute atomic E-state index is 12.2. The third-order valence-electron chi connectivity index (χ3n) is 5.88. The van der Waals surface area contributed by atoms with Crippen LogP contribution in [0.5, 0.6) is 0 Å². The van der Waals surface area contributed by atoms with Crippen LogP contribution in [0.4, 0.5) is 5.82 Å². The van der Waals surface area contributed by atoms with Crippen molar-refractivity contribution in [2.45, 2.75) is 18.9 Å². The van der Waals surface area contributed by atoms with Crippen molar-refractivity contribution in [1.29, 1.82) is 0 Å². The zero-order valence-corrected chi connectivity index (χ0v) is 18.9. The summed E-state index contributed by atoms with van der Waals surface area (Å²) in [5, 5.41) is 7.78. The van der Waals surface area contributed by atoms with Gasteiger partial charge >= 0.3 is 0 Å². The first-order valence-electron chi connectivity index (χ1n) is 10.9. The Morgan fingerprint density at radius 3 is 2.88 bits per heavy atom. The Kier molecular flexibility index (Phi) is 5.75. The van der Waals surface area contributed by atoms with Crippen LogP contribution in [0.25, 0.3) is 34.4 Å². The number of fused-ring (bicyclic) bond motifs is 1. The summed E-state index contributed by atoms with van der Waals surface area (Å²) in [5.74, 6) is 0.349. The van der Waals surface area contributed by atoms with E-state index >= 15 is 0 Å². The number of rotatable bonds is 5. The van der Waals surface area contributed by atoms with E-state index in [1.165, 1.54) is 12.4 Å². The molecule has 1 fully saturated rings. The number of nitrogens with zero attached hydrogens (tertiary/aromatic N) is 5. The Bertz CT molecular complexity index is 1340. The number of hydrogen-bond acceptors (Lipinski definition) is 6. The lowest BCUT2D eigenvalue weighted by molar-refractivity contribution is -0.127. The summed E-state index contributed by atoms with van der Waals surface area (Å²) < 4.78 is 1.92. The third kappa shape index (κ3) is 4.17. The lowest BCUT2D eigenvalue weighted by Crippen LogP contribution is -2.40. The van der Waals surface area contributed by atoms with Crippen molar-refractivity contribution >= 4 is 46.2 Å².